The Morgan fingerprint density at radius 3 is 2.67 bits per heavy atom. The van der Waals surface area contributed by atoms with Crippen molar-refractivity contribution >= 4 is 38.9 Å². The molecule has 0 N–H and O–H groups in total. The zero-order valence-electron chi connectivity index (χ0n) is 13.4. The lowest BCUT2D eigenvalue weighted by Crippen LogP contribution is -2.35. The lowest BCUT2D eigenvalue weighted by atomic mass is 10.2. The van der Waals surface area contributed by atoms with E-state index in [1.165, 1.54) is 17.0 Å². The minimum Gasteiger partial charge on any atom is -0.370 e. The Hall–Kier alpha value is -1.40. The van der Waals surface area contributed by atoms with E-state index in [1.807, 2.05) is 22.4 Å². The van der Waals surface area contributed by atoms with Crippen molar-refractivity contribution in [3.63, 3.8) is 0 Å². The molecule has 0 saturated carbocycles. The Morgan fingerprint density at radius 1 is 1.17 bits per heavy atom. The van der Waals surface area contributed by atoms with E-state index in [4.69, 9.17) is 0 Å². The molecule has 1 aromatic carbocycles. The van der Waals surface area contributed by atoms with Crippen LogP contribution in [0.25, 0.3) is 0 Å². The quantitative estimate of drug-likeness (QED) is 0.748. The summed E-state index contributed by atoms with van der Waals surface area (Å²) in [6.07, 6.45) is 2.30. The van der Waals surface area contributed by atoms with Gasteiger partial charge in [-0.3, -0.25) is 4.79 Å². The van der Waals surface area contributed by atoms with Crippen molar-refractivity contribution in [3.8, 4) is 0 Å². The molecule has 0 aliphatic carbocycles. The van der Waals surface area contributed by atoms with E-state index in [9.17, 15) is 9.18 Å². The number of hydrogen-bond acceptors (Lipinski definition) is 3. The van der Waals surface area contributed by atoms with E-state index in [2.05, 4.69) is 26.9 Å². The van der Waals surface area contributed by atoms with Crippen LogP contribution in [0.4, 0.5) is 10.1 Å². The molecule has 1 aromatic heterocycles. The average molecular weight is 411 g/mol. The Morgan fingerprint density at radius 2 is 1.96 bits per heavy atom. The van der Waals surface area contributed by atoms with Crippen molar-refractivity contribution in [2.75, 3.05) is 31.1 Å². The first kappa shape index (κ1) is 17.4. The van der Waals surface area contributed by atoms with Crippen molar-refractivity contribution < 1.29 is 9.18 Å². The molecule has 0 spiro atoms. The molecule has 6 heteroatoms. The number of anilines is 1. The predicted molar refractivity (Wildman–Crippen MR) is 100 cm³/mol. The van der Waals surface area contributed by atoms with Crippen LogP contribution in [-0.4, -0.2) is 37.0 Å². The Balaban J connectivity index is 1.52. The van der Waals surface area contributed by atoms with Gasteiger partial charge in [-0.05, 0) is 59.1 Å². The summed E-state index contributed by atoms with van der Waals surface area (Å²) in [6, 6.07) is 8.67. The molecule has 128 valence electrons. The van der Waals surface area contributed by atoms with Gasteiger partial charge in [-0.2, -0.15) is 0 Å². The van der Waals surface area contributed by atoms with Crippen LogP contribution in [0.5, 0.6) is 0 Å². The van der Waals surface area contributed by atoms with Gasteiger partial charge in [0, 0.05) is 53.0 Å². The first-order valence-corrected chi connectivity index (χ1v) is 9.80. The van der Waals surface area contributed by atoms with Crippen molar-refractivity contribution in [3.05, 3.63) is 50.9 Å². The first-order chi connectivity index (χ1) is 11.6. The van der Waals surface area contributed by atoms with Crippen LogP contribution in [-0.2, 0) is 11.2 Å². The Kier molecular flexibility index (Phi) is 5.89. The molecule has 1 saturated heterocycles. The van der Waals surface area contributed by atoms with Crippen molar-refractivity contribution in [1.82, 2.24) is 4.90 Å². The molecule has 0 unspecified atom stereocenters. The lowest BCUT2D eigenvalue weighted by molar-refractivity contribution is -0.130. The van der Waals surface area contributed by atoms with Gasteiger partial charge in [-0.15, -0.1) is 11.3 Å². The van der Waals surface area contributed by atoms with Crippen molar-refractivity contribution in [2.45, 2.75) is 19.3 Å². The van der Waals surface area contributed by atoms with Gasteiger partial charge in [-0.25, -0.2) is 4.39 Å². The van der Waals surface area contributed by atoms with Crippen LogP contribution in [0.2, 0.25) is 0 Å². The number of benzene rings is 1. The number of rotatable bonds is 4. The summed E-state index contributed by atoms with van der Waals surface area (Å²) in [5.41, 5.74) is 1.02. The maximum Gasteiger partial charge on any atom is 0.222 e. The van der Waals surface area contributed by atoms with E-state index in [1.54, 1.807) is 11.3 Å². The van der Waals surface area contributed by atoms with Crippen molar-refractivity contribution in [1.29, 1.82) is 0 Å². The third-order valence-corrected chi connectivity index (χ3v) is 6.00. The minimum absolute atomic E-state index is 0.217. The Labute approximate surface area is 154 Å². The topological polar surface area (TPSA) is 23.6 Å². The van der Waals surface area contributed by atoms with Crippen LogP contribution in [0.1, 0.15) is 17.7 Å². The van der Waals surface area contributed by atoms with Gasteiger partial charge in [0.15, 0.2) is 0 Å². The second kappa shape index (κ2) is 8.12. The normalized spacial score (nSPS) is 15.4. The van der Waals surface area contributed by atoms with Gasteiger partial charge >= 0.3 is 0 Å². The fourth-order valence-corrected chi connectivity index (χ4v) is 4.41. The SMILES string of the molecule is O=C(CCc1cc(Br)cs1)N1CCCN(c2ccc(F)cc2)CC1. The summed E-state index contributed by atoms with van der Waals surface area (Å²) in [4.78, 5) is 17.9. The molecule has 1 aliphatic rings. The monoisotopic (exact) mass is 410 g/mol. The summed E-state index contributed by atoms with van der Waals surface area (Å²) >= 11 is 5.13. The maximum absolute atomic E-state index is 13.1. The summed E-state index contributed by atoms with van der Waals surface area (Å²) in [6.45, 7) is 3.21. The average Bonchev–Trinajstić information content (AvgIpc) is 2.84. The number of amides is 1. The maximum atomic E-state index is 13.1. The second-order valence-electron chi connectivity index (χ2n) is 5.93. The highest BCUT2D eigenvalue weighted by Crippen LogP contribution is 2.22. The molecule has 0 radical (unpaired) electrons. The molecular formula is C18H20BrFN2OS. The van der Waals surface area contributed by atoms with Crippen LogP contribution < -0.4 is 4.90 Å². The van der Waals surface area contributed by atoms with Gasteiger partial charge in [0.05, 0.1) is 0 Å². The molecule has 1 amide bonds. The fourth-order valence-electron chi connectivity index (χ4n) is 2.95. The molecule has 0 bridgehead atoms. The number of carbonyl (C=O) groups is 1. The van der Waals surface area contributed by atoms with E-state index in [0.29, 0.717) is 6.42 Å². The smallest absolute Gasteiger partial charge is 0.222 e. The first-order valence-electron chi connectivity index (χ1n) is 8.13. The highest BCUT2D eigenvalue weighted by Gasteiger charge is 2.19. The van der Waals surface area contributed by atoms with Crippen LogP contribution in [0.15, 0.2) is 40.2 Å². The summed E-state index contributed by atoms with van der Waals surface area (Å²) in [5.74, 6) is 0.00562. The molecular weight excluding hydrogens is 391 g/mol. The molecule has 3 nitrogen and oxygen atoms in total. The largest absolute Gasteiger partial charge is 0.370 e. The zero-order valence-corrected chi connectivity index (χ0v) is 15.8. The number of aryl methyl sites for hydroxylation is 1. The number of nitrogens with zero attached hydrogens (tertiary/aromatic N) is 2. The fraction of sp³-hybridized carbons (Fsp3) is 0.389. The summed E-state index contributed by atoms with van der Waals surface area (Å²) in [7, 11) is 0. The minimum atomic E-state index is -0.217. The van der Waals surface area contributed by atoms with Gasteiger partial charge in [0.1, 0.15) is 5.82 Å². The van der Waals surface area contributed by atoms with Gasteiger partial charge in [0.2, 0.25) is 5.91 Å². The highest BCUT2D eigenvalue weighted by atomic mass is 79.9. The third kappa shape index (κ3) is 4.57. The van der Waals surface area contributed by atoms with Crippen LogP contribution in [0.3, 0.4) is 0 Å². The van der Waals surface area contributed by atoms with Gasteiger partial charge < -0.3 is 9.80 Å². The molecule has 1 aliphatic heterocycles. The molecule has 1 fully saturated rings. The molecule has 3 rings (SSSR count). The van der Waals surface area contributed by atoms with Crippen molar-refractivity contribution in [2.24, 2.45) is 0 Å². The zero-order chi connectivity index (χ0) is 16.9. The van der Waals surface area contributed by atoms with Crippen LogP contribution >= 0.6 is 27.3 Å². The third-order valence-electron chi connectivity index (χ3n) is 4.25. The molecule has 2 aromatic rings. The highest BCUT2D eigenvalue weighted by molar-refractivity contribution is 9.10. The lowest BCUT2D eigenvalue weighted by Gasteiger charge is -2.23. The molecule has 2 heterocycles. The Bertz CT molecular complexity index is 689. The van der Waals surface area contributed by atoms with Gasteiger partial charge in [0.25, 0.3) is 0 Å². The molecule has 0 atom stereocenters. The van der Waals surface area contributed by atoms with Gasteiger partial charge in [-0.1, -0.05) is 0 Å². The summed E-state index contributed by atoms with van der Waals surface area (Å²) in [5, 5.41) is 2.05. The standard InChI is InChI=1S/C18H20BrFN2OS/c19-14-12-17(24-13-14)6-7-18(23)22-9-1-8-21(10-11-22)16-4-2-15(20)3-5-16/h2-5,12-13H,1,6-11H2. The number of hydrogen-bond donors (Lipinski definition) is 0. The number of carbonyl (C=O) groups excluding carboxylic acids is 1. The van der Waals surface area contributed by atoms with E-state index in [-0.39, 0.29) is 11.7 Å². The van der Waals surface area contributed by atoms with E-state index >= 15 is 0 Å². The van der Waals surface area contributed by atoms with E-state index < -0.39 is 0 Å². The van der Waals surface area contributed by atoms with Crippen LogP contribution in [0, 0.1) is 5.82 Å². The number of halogens is 2. The molecule has 24 heavy (non-hydrogen) atoms. The summed E-state index contributed by atoms with van der Waals surface area (Å²) < 4.78 is 14.1. The van der Waals surface area contributed by atoms with E-state index in [0.717, 1.165) is 49.2 Å². The number of thiophene rings is 1. The predicted octanol–water partition coefficient (Wildman–Crippen LogP) is 4.32. The second-order valence-corrected chi connectivity index (χ2v) is 7.84.